The molecule has 0 amide bonds. The Bertz CT molecular complexity index is 571. The van der Waals surface area contributed by atoms with E-state index in [1.165, 1.54) is 51.6 Å². The molecule has 0 aromatic rings. The van der Waals surface area contributed by atoms with Crippen LogP contribution in [0.1, 0.15) is 73.1 Å². The van der Waals surface area contributed by atoms with Crippen molar-refractivity contribution in [2.24, 2.45) is 28.6 Å². The van der Waals surface area contributed by atoms with Gasteiger partial charge in [-0.3, -0.25) is 4.90 Å². The molecule has 24 heavy (non-hydrogen) atoms. The molecular weight excluding hydrogens is 290 g/mol. The SMILES string of the molecule is CC(C)C1=CC2=CCC3[C@@](C)(CN4CC4C)CCC[C@]3(C)[C@@H]2CC1. The molecule has 0 radical (unpaired) electrons. The van der Waals surface area contributed by atoms with E-state index in [9.17, 15) is 0 Å². The highest BCUT2D eigenvalue weighted by Crippen LogP contribution is 2.62. The summed E-state index contributed by atoms with van der Waals surface area (Å²) in [5.41, 5.74) is 4.46. The predicted molar refractivity (Wildman–Crippen MR) is 103 cm³/mol. The van der Waals surface area contributed by atoms with Gasteiger partial charge < -0.3 is 0 Å². The van der Waals surface area contributed by atoms with E-state index in [4.69, 9.17) is 0 Å². The fraction of sp³-hybridized carbons (Fsp3) is 0.826. The van der Waals surface area contributed by atoms with Gasteiger partial charge in [-0.15, -0.1) is 0 Å². The molecule has 1 saturated carbocycles. The van der Waals surface area contributed by atoms with E-state index < -0.39 is 0 Å². The second kappa shape index (κ2) is 5.73. The van der Waals surface area contributed by atoms with Crippen molar-refractivity contribution < 1.29 is 0 Å². The van der Waals surface area contributed by atoms with E-state index in [-0.39, 0.29) is 0 Å². The molecule has 0 N–H and O–H groups in total. The van der Waals surface area contributed by atoms with E-state index in [1.807, 2.05) is 0 Å². The summed E-state index contributed by atoms with van der Waals surface area (Å²) in [7, 11) is 0. The maximum atomic E-state index is 2.71. The first-order chi connectivity index (χ1) is 11.3. The molecule has 3 unspecified atom stereocenters. The van der Waals surface area contributed by atoms with Crippen molar-refractivity contribution in [1.29, 1.82) is 0 Å². The standard InChI is InChI=1S/C23H37N/c1-16(2)18-7-9-20-19(13-18)8-10-21-22(4,15-24-14-17(24)3)11-6-12-23(20,21)5/h8,13,16-17,20-21H,6-7,9-12,14-15H2,1-5H3/t17?,20-,21?,22-,23-,24?/m1/s1. The van der Waals surface area contributed by atoms with Crippen LogP contribution in [0.5, 0.6) is 0 Å². The van der Waals surface area contributed by atoms with Crippen molar-refractivity contribution in [2.75, 3.05) is 13.1 Å². The van der Waals surface area contributed by atoms with Gasteiger partial charge in [0.2, 0.25) is 0 Å². The second-order valence-corrected chi connectivity index (χ2v) is 10.2. The number of rotatable bonds is 3. The molecule has 1 aliphatic heterocycles. The normalized spacial score (nSPS) is 47.6. The first kappa shape index (κ1) is 16.9. The van der Waals surface area contributed by atoms with Crippen molar-refractivity contribution in [3.8, 4) is 0 Å². The lowest BCUT2D eigenvalue weighted by atomic mass is 9.47. The highest BCUT2D eigenvalue weighted by atomic mass is 15.3. The van der Waals surface area contributed by atoms with Crippen LogP contribution in [0.2, 0.25) is 0 Å². The number of allylic oxidation sites excluding steroid dienone is 4. The lowest BCUT2D eigenvalue weighted by molar-refractivity contribution is -0.0547. The van der Waals surface area contributed by atoms with Gasteiger partial charge in [0.1, 0.15) is 0 Å². The molecule has 134 valence electrons. The zero-order chi connectivity index (χ0) is 17.1. The summed E-state index contributed by atoms with van der Waals surface area (Å²) >= 11 is 0. The minimum absolute atomic E-state index is 0.530. The van der Waals surface area contributed by atoms with E-state index >= 15 is 0 Å². The van der Waals surface area contributed by atoms with Crippen LogP contribution < -0.4 is 0 Å². The van der Waals surface area contributed by atoms with Gasteiger partial charge >= 0.3 is 0 Å². The van der Waals surface area contributed by atoms with Crippen molar-refractivity contribution in [3.63, 3.8) is 0 Å². The molecule has 1 saturated heterocycles. The van der Waals surface area contributed by atoms with Crippen molar-refractivity contribution >= 4 is 0 Å². The Morgan fingerprint density at radius 3 is 2.67 bits per heavy atom. The van der Waals surface area contributed by atoms with Crippen LogP contribution in [0.25, 0.3) is 0 Å². The summed E-state index contributed by atoms with van der Waals surface area (Å²) in [5, 5.41) is 0. The maximum absolute atomic E-state index is 2.71. The Hall–Kier alpha value is -0.560. The molecule has 1 nitrogen and oxygen atoms in total. The summed E-state index contributed by atoms with van der Waals surface area (Å²) in [6.45, 7) is 15.1. The molecule has 0 aromatic carbocycles. The third-order valence-corrected chi connectivity index (χ3v) is 8.26. The highest BCUT2D eigenvalue weighted by molar-refractivity contribution is 5.35. The zero-order valence-corrected chi connectivity index (χ0v) is 16.6. The molecule has 0 aromatic heterocycles. The summed E-state index contributed by atoms with van der Waals surface area (Å²) in [6.07, 6.45) is 13.6. The largest absolute Gasteiger partial charge is 0.297 e. The van der Waals surface area contributed by atoms with Gasteiger partial charge in [0.25, 0.3) is 0 Å². The Kier molecular flexibility index (Phi) is 4.03. The van der Waals surface area contributed by atoms with E-state index in [2.05, 4.69) is 51.7 Å². The molecule has 1 heterocycles. The first-order valence-electron chi connectivity index (χ1n) is 10.5. The molecule has 1 heteroatoms. The Morgan fingerprint density at radius 2 is 2.00 bits per heavy atom. The monoisotopic (exact) mass is 327 g/mol. The Morgan fingerprint density at radius 1 is 1.25 bits per heavy atom. The molecule has 2 fully saturated rings. The Labute approximate surface area is 149 Å². The molecule has 4 rings (SSSR count). The molecular formula is C23H37N. The fourth-order valence-electron chi connectivity index (χ4n) is 6.64. The Balaban J connectivity index is 1.63. The average Bonchev–Trinajstić information content (AvgIpc) is 3.20. The lowest BCUT2D eigenvalue weighted by Crippen LogP contribution is -2.52. The topological polar surface area (TPSA) is 3.01 Å². The first-order valence-corrected chi connectivity index (χ1v) is 10.5. The van der Waals surface area contributed by atoms with E-state index in [0.29, 0.717) is 10.8 Å². The number of nitrogens with zero attached hydrogens (tertiary/aromatic N) is 1. The minimum Gasteiger partial charge on any atom is -0.297 e. The van der Waals surface area contributed by atoms with Gasteiger partial charge in [0.15, 0.2) is 0 Å². The number of fused-ring (bicyclic) bond motifs is 3. The summed E-state index contributed by atoms with van der Waals surface area (Å²) in [5.74, 6) is 2.43. The van der Waals surface area contributed by atoms with Crippen molar-refractivity contribution in [2.45, 2.75) is 79.2 Å². The van der Waals surface area contributed by atoms with Crippen molar-refractivity contribution in [1.82, 2.24) is 4.90 Å². The molecule has 0 spiro atoms. The predicted octanol–water partition coefficient (Wildman–Crippen LogP) is 5.83. The van der Waals surface area contributed by atoms with Gasteiger partial charge in [0.05, 0.1) is 0 Å². The number of hydrogen-bond donors (Lipinski definition) is 0. The number of hydrogen-bond acceptors (Lipinski definition) is 1. The molecule has 0 bridgehead atoms. The third-order valence-electron chi connectivity index (χ3n) is 8.26. The zero-order valence-electron chi connectivity index (χ0n) is 16.6. The smallest absolute Gasteiger partial charge is 0.0195 e. The average molecular weight is 328 g/mol. The van der Waals surface area contributed by atoms with Gasteiger partial charge in [-0.2, -0.15) is 0 Å². The van der Waals surface area contributed by atoms with E-state index in [1.54, 1.807) is 11.1 Å². The van der Waals surface area contributed by atoms with Crippen LogP contribution in [0.3, 0.4) is 0 Å². The van der Waals surface area contributed by atoms with Crippen molar-refractivity contribution in [3.05, 3.63) is 23.3 Å². The van der Waals surface area contributed by atoms with Crippen LogP contribution in [0.4, 0.5) is 0 Å². The van der Waals surface area contributed by atoms with Gasteiger partial charge in [-0.05, 0) is 73.2 Å². The summed E-state index contributed by atoms with van der Waals surface area (Å²) in [6, 6.07) is 0.843. The summed E-state index contributed by atoms with van der Waals surface area (Å²) < 4.78 is 0. The quantitative estimate of drug-likeness (QED) is 0.590. The maximum Gasteiger partial charge on any atom is 0.0195 e. The van der Waals surface area contributed by atoms with E-state index in [0.717, 1.165) is 23.8 Å². The van der Waals surface area contributed by atoms with Crippen LogP contribution in [0, 0.1) is 28.6 Å². The van der Waals surface area contributed by atoms with Gasteiger partial charge in [-0.1, -0.05) is 51.8 Å². The third kappa shape index (κ3) is 2.62. The van der Waals surface area contributed by atoms with Crippen LogP contribution in [0.15, 0.2) is 23.3 Å². The lowest BCUT2D eigenvalue weighted by Gasteiger charge is -2.58. The highest BCUT2D eigenvalue weighted by Gasteiger charge is 2.55. The molecule has 6 atom stereocenters. The van der Waals surface area contributed by atoms with Crippen LogP contribution in [-0.2, 0) is 0 Å². The minimum atomic E-state index is 0.530. The van der Waals surface area contributed by atoms with Gasteiger partial charge in [0, 0.05) is 19.1 Å². The molecule has 4 aliphatic rings. The van der Waals surface area contributed by atoms with Crippen LogP contribution in [-0.4, -0.2) is 24.0 Å². The summed E-state index contributed by atoms with van der Waals surface area (Å²) in [4.78, 5) is 2.71. The molecule has 3 aliphatic carbocycles. The fourth-order valence-corrected chi connectivity index (χ4v) is 6.64. The second-order valence-electron chi connectivity index (χ2n) is 10.2. The van der Waals surface area contributed by atoms with Gasteiger partial charge in [-0.25, -0.2) is 0 Å². The van der Waals surface area contributed by atoms with Crippen LogP contribution >= 0.6 is 0 Å².